The number of anilines is 1. The number of hydrogen-bond acceptors (Lipinski definition) is 5. The minimum atomic E-state index is -4.53. The van der Waals surface area contributed by atoms with Crippen molar-refractivity contribution in [1.29, 1.82) is 0 Å². The van der Waals surface area contributed by atoms with Crippen LogP contribution < -0.4 is 5.73 Å². The number of benzene rings is 2. The predicted molar refractivity (Wildman–Crippen MR) is 149 cm³/mol. The predicted octanol–water partition coefficient (Wildman–Crippen LogP) is 6.49. The van der Waals surface area contributed by atoms with Gasteiger partial charge in [-0.05, 0) is 61.3 Å². The summed E-state index contributed by atoms with van der Waals surface area (Å²) in [6.45, 7) is 5.57. The Labute approximate surface area is 235 Å². The van der Waals surface area contributed by atoms with Crippen molar-refractivity contribution in [3.05, 3.63) is 83.4 Å². The summed E-state index contributed by atoms with van der Waals surface area (Å²) in [4.78, 5) is 21.3. The molecule has 7 nitrogen and oxygen atoms in total. The molecule has 41 heavy (non-hydrogen) atoms. The average Bonchev–Trinajstić information content (AvgIpc) is 3.33. The second kappa shape index (κ2) is 10.5. The van der Waals surface area contributed by atoms with Crippen LogP contribution in [0.1, 0.15) is 68.5 Å². The molecule has 0 bridgehead atoms. The van der Waals surface area contributed by atoms with Gasteiger partial charge in [0.1, 0.15) is 28.5 Å². The van der Waals surface area contributed by atoms with Crippen LogP contribution in [-0.2, 0) is 16.6 Å². The Balaban J connectivity index is 1.51. The fourth-order valence-electron chi connectivity index (χ4n) is 6.20. The lowest BCUT2D eigenvalue weighted by molar-refractivity contribution is -0.146. The number of hydrogen-bond donors (Lipinski definition) is 3. The molecule has 5 rings (SSSR count). The Morgan fingerprint density at radius 1 is 1.07 bits per heavy atom. The van der Waals surface area contributed by atoms with Crippen LogP contribution in [0.25, 0.3) is 16.8 Å². The van der Waals surface area contributed by atoms with Gasteiger partial charge in [-0.15, -0.1) is 0 Å². The summed E-state index contributed by atoms with van der Waals surface area (Å²) in [5, 5.41) is 21.2. The van der Waals surface area contributed by atoms with E-state index in [-0.39, 0.29) is 29.1 Å². The number of carboxylic acids is 1. The topological polar surface area (TPSA) is 114 Å². The van der Waals surface area contributed by atoms with Crippen molar-refractivity contribution >= 4 is 17.3 Å². The summed E-state index contributed by atoms with van der Waals surface area (Å²) in [5.41, 5.74) is 6.16. The first-order valence-electron chi connectivity index (χ1n) is 13.6. The normalized spacial score (nSPS) is 21.2. The number of carbonyl (C=O) groups is 1. The number of aromatic nitrogens is 3. The maximum Gasteiger partial charge on any atom is 0.416 e. The van der Waals surface area contributed by atoms with Gasteiger partial charge in [-0.3, -0.25) is 9.20 Å². The van der Waals surface area contributed by atoms with Crippen LogP contribution in [0.3, 0.4) is 0 Å². The van der Waals surface area contributed by atoms with Crippen molar-refractivity contribution in [2.45, 2.75) is 57.7 Å². The summed E-state index contributed by atoms with van der Waals surface area (Å²) in [7, 11) is 0. The van der Waals surface area contributed by atoms with Crippen molar-refractivity contribution < 1.29 is 28.2 Å². The average molecular weight is 567 g/mol. The number of nitrogen functional groups attached to an aromatic ring is 1. The van der Waals surface area contributed by atoms with Crippen LogP contribution in [0.5, 0.6) is 0 Å². The molecular formula is C31H33F3N4O3. The number of alkyl halides is 3. The van der Waals surface area contributed by atoms with E-state index in [0.29, 0.717) is 28.8 Å². The number of imidazole rings is 1. The second-order valence-electron chi connectivity index (χ2n) is 11.4. The minimum Gasteiger partial charge on any atom is -0.481 e. The third kappa shape index (κ3) is 5.28. The van der Waals surface area contributed by atoms with Gasteiger partial charge in [-0.1, -0.05) is 50.2 Å². The largest absolute Gasteiger partial charge is 0.481 e. The third-order valence-corrected chi connectivity index (χ3v) is 8.53. The fraction of sp³-hybridized carbons (Fsp3) is 0.387. The van der Waals surface area contributed by atoms with Gasteiger partial charge in [0.25, 0.3) is 0 Å². The highest BCUT2D eigenvalue weighted by Crippen LogP contribution is 2.44. The molecule has 0 saturated heterocycles. The quantitative estimate of drug-likeness (QED) is 0.246. The summed E-state index contributed by atoms with van der Waals surface area (Å²) < 4.78 is 41.7. The molecule has 2 aromatic carbocycles. The molecule has 4 N–H and O–H groups in total. The molecule has 1 saturated carbocycles. The van der Waals surface area contributed by atoms with E-state index in [1.807, 2.05) is 4.40 Å². The number of nitrogens with zero attached hydrogens (tertiary/aromatic N) is 3. The van der Waals surface area contributed by atoms with Crippen molar-refractivity contribution in [2.75, 3.05) is 5.73 Å². The Morgan fingerprint density at radius 3 is 2.39 bits per heavy atom. The van der Waals surface area contributed by atoms with E-state index in [2.05, 4.69) is 18.8 Å². The third-order valence-electron chi connectivity index (χ3n) is 8.53. The Hall–Kier alpha value is -3.92. The second-order valence-corrected chi connectivity index (χ2v) is 11.4. The number of rotatable bonds is 6. The number of aliphatic carboxylic acids is 1. The molecule has 1 fully saturated rings. The lowest BCUT2D eigenvalue weighted by Crippen LogP contribution is -2.33. The van der Waals surface area contributed by atoms with Gasteiger partial charge >= 0.3 is 12.1 Å². The molecule has 2 heterocycles. The molecular weight excluding hydrogens is 533 g/mol. The van der Waals surface area contributed by atoms with Crippen LogP contribution in [0.15, 0.2) is 60.9 Å². The van der Waals surface area contributed by atoms with Crippen molar-refractivity contribution in [3.63, 3.8) is 0 Å². The smallest absolute Gasteiger partial charge is 0.416 e. The molecule has 1 aliphatic rings. The zero-order valence-corrected chi connectivity index (χ0v) is 23.1. The van der Waals surface area contributed by atoms with Gasteiger partial charge in [0, 0.05) is 23.9 Å². The van der Waals surface area contributed by atoms with E-state index in [1.165, 1.54) is 19.1 Å². The summed E-state index contributed by atoms with van der Waals surface area (Å²) in [5.74, 6) is -0.00532. The van der Waals surface area contributed by atoms with E-state index >= 15 is 0 Å². The maximum absolute atomic E-state index is 13.3. The van der Waals surface area contributed by atoms with E-state index in [0.717, 1.165) is 30.8 Å². The Bertz CT molecular complexity index is 1580. The summed E-state index contributed by atoms with van der Waals surface area (Å²) >= 11 is 0. The first-order chi connectivity index (χ1) is 19.3. The zero-order chi connectivity index (χ0) is 29.7. The van der Waals surface area contributed by atoms with Gasteiger partial charge < -0.3 is 15.9 Å². The van der Waals surface area contributed by atoms with Crippen LogP contribution >= 0.6 is 0 Å². The number of nitrogens with two attached hydrogens (primary N) is 1. The van der Waals surface area contributed by atoms with Gasteiger partial charge in [0.05, 0.1) is 11.5 Å². The van der Waals surface area contributed by atoms with Crippen LogP contribution in [0.4, 0.5) is 19.0 Å². The van der Waals surface area contributed by atoms with Gasteiger partial charge in [-0.2, -0.15) is 13.2 Å². The highest BCUT2D eigenvalue weighted by molar-refractivity contribution is 5.85. The number of carboxylic acid groups (broad SMARTS) is 1. The van der Waals surface area contributed by atoms with Crippen LogP contribution in [0.2, 0.25) is 0 Å². The molecule has 10 heteroatoms. The van der Waals surface area contributed by atoms with Gasteiger partial charge in [0.15, 0.2) is 0 Å². The van der Waals surface area contributed by atoms with E-state index < -0.39 is 29.2 Å². The first-order valence-corrected chi connectivity index (χ1v) is 13.6. The summed E-state index contributed by atoms with van der Waals surface area (Å²) in [6.07, 6.45) is 0.880. The molecule has 4 atom stereocenters. The summed E-state index contributed by atoms with van der Waals surface area (Å²) in [6, 6.07) is 11.5. The van der Waals surface area contributed by atoms with Gasteiger partial charge in [0.2, 0.25) is 0 Å². The highest BCUT2D eigenvalue weighted by Gasteiger charge is 2.39. The Morgan fingerprint density at radius 2 is 1.76 bits per heavy atom. The molecule has 4 aromatic rings. The molecule has 0 spiro atoms. The van der Waals surface area contributed by atoms with Crippen molar-refractivity contribution in [2.24, 2.45) is 17.8 Å². The number of halogens is 3. The standard InChI is InChI=1S/C31H33F3N4O3/c1-17(2)23-12-9-19(15-24(23)29(39)40)28-37-25(26-27(35)36-13-14-38(26)28)18-7-10-20(11-8-18)30(3,41)21-5-4-6-22(16-21)31(32,33)34/h4-8,10-11,13-14,16-17,19,23-24,41H,9,12,15H2,1-3H3,(H2,35,36)(H,39,40)/t19-,23?,24-,30-/m1/s1. The molecule has 0 aliphatic heterocycles. The molecule has 216 valence electrons. The molecule has 1 aliphatic carbocycles. The van der Waals surface area contributed by atoms with E-state index in [4.69, 9.17) is 10.7 Å². The Kier molecular flexibility index (Phi) is 7.31. The zero-order valence-electron chi connectivity index (χ0n) is 23.1. The van der Waals surface area contributed by atoms with Crippen LogP contribution in [-0.4, -0.2) is 30.6 Å². The SMILES string of the molecule is CC(C)C1CC[C@@H](c2nc(-c3ccc([C@@](C)(O)c4cccc(C(F)(F)F)c4)cc3)c3c(N)nccn23)C[C@H]1C(=O)O. The number of aliphatic hydroxyl groups is 1. The fourth-order valence-corrected chi connectivity index (χ4v) is 6.20. The van der Waals surface area contributed by atoms with E-state index in [9.17, 15) is 28.2 Å². The molecule has 0 radical (unpaired) electrons. The molecule has 0 amide bonds. The highest BCUT2D eigenvalue weighted by atomic mass is 19.4. The van der Waals surface area contributed by atoms with E-state index in [1.54, 1.807) is 36.7 Å². The lowest BCUT2D eigenvalue weighted by Gasteiger charge is -2.35. The van der Waals surface area contributed by atoms with Crippen molar-refractivity contribution in [1.82, 2.24) is 14.4 Å². The first kappa shape index (κ1) is 28.6. The lowest BCUT2D eigenvalue weighted by atomic mass is 9.69. The van der Waals surface area contributed by atoms with Crippen molar-refractivity contribution in [3.8, 4) is 11.3 Å². The minimum absolute atomic E-state index is 0.0879. The van der Waals surface area contributed by atoms with Gasteiger partial charge in [-0.25, -0.2) is 9.97 Å². The monoisotopic (exact) mass is 566 g/mol. The molecule has 1 unspecified atom stereocenters. The number of fused-ring (bicyclic) bond motifs is 1. The maximum atomic E-state index is 13.3. The molecule has 2 aromatic heterocycles. The van der Waals surface area contributed by atoms with Crippen LogP contribution in [0, 0.1) is 17.8 Å².